The minimum Gasteiger partial charge on any atom is -0.497 e. The number of ether oxygens (including phenoxy) is 1. The van der Waals surface area contributed by atoms with Gasteiger partial charge >= 0.3 is 0 Å². The molecule has 0 aliphatic carbocycles. The Labute approximate surface area is 114 Å². The summed E-state index contributed by atoms with van der Waals surface area (Å²) in [5, 5.41) is 7.86. The predicted molar refractivity (Wildman–Crippen MR) is 76.2 cm³/mol. The first-order valence-electron chi connectivity index (χ1n) is 6.46. The Hall–Kier alpha value is -1.81. The van der Waals surface area contributed by atoms with Gasteiger partial charge in [0.2, 0.25) is 0 Å². The minimum atomic E-state index is 0.273. The molecule has 0 saturated carbocycles. The Bertz CT molecular complexity index is 548. The molecule has 0 aliphatic heterocycles. The zero-order valence-electron chi connectivity index (χ0n) is 12.0. The van der Waals surface area contributed by atoms with Crippen molar-refractivity contribution in [1.82, 2.24) is 15.1 Å². The van der Waals surface area contributed by atoms with Gasteiger partial charge in [-0.25, -0.2) is 0 Å². The van der Waals surface area contributed by atoms with Crippen molar-refractivity contribution >= 4 is 0 Å². The molecule has 4 nitrogen and oxygen atoms in total. The van der Waals surface area contributed by atoms with Crippen LogP contribution >= 0.6 is 0 Å². The Balaban J connectivity index is 2.00. The van der Waals surface area contributed by atoms with Crippen LogP contribution in [0.2, 0.25) is 0 Å². The predicted octanol–water partition coefficient (Wildman–Crippen LogP) is 2.59. The maximum atomic E-state index is 5.25. The van der Waals surface area contributed by atoms with Crippen LogP contribution in [0.3, 0.4) is 0 Å². The maximum absolute atomic E-state index is 5.25. The summed E-state index contributed by atoms with van der Waals surface area (Å²) in [7, 11) is 3.64. The fourth-order valence-electron chi connectivity index (χ4n) is 2.11. The lowest BCUT2D eigenvalue weighted by molar-refractivity contribution is 0.413. The van der Waals surface area contributed by atoms with Gasteiger partial charge in [-0.3, -0.25) is 4.68 Å². The van der Waals surface area contributed by atoms with Gasteiger partial charge in [-0.15, -0.1) is 0 Å². The molecule has 0 fully saturated rings. The molecule has 0 bridgehead atoms. The number of hydrogen-bond acceptors (Lipinski definition) is 3. The van der Waals surface area contributed by atoms with Gasteiger partial charge in [-0.1, -0.05) is 12.1 Å². The van der Waals surface area contributed by atoms with Crippen molar-refractivity contribution in [3.05, 3.63) is 47.3 Å². The summed E-state index contributed by atoms with van der Waals surface area (Å²) in [4.78, 5) is 0. The van der Waals surface area contributed by atoms with E-state index >= 15 is 0 Å². The van der Waals surface area contributed by atoms with E-state index in [1.54, 1.807) is 7.11 Å². The van der Waals surface area contributed by atoms with E-state index in [0.717, 1.165) is 18.0 Å². The van der Waals surface area contributed by atoms with Crippen LogP contribution in [-0.4, -0.2) is 16.9 Å². The van der Waals surface area contributed by atoms with Crippen LogP contribution in [0.15, 0.2) is 30.5 Å². The number of nitrogens with one attached hydrogen (secondary N) is 1. The molecule has 0 saturated heterocycles. The lowest BCUT2D eigenvalue weighted by atomic mass is 10.1. The first kappa shape index (κ1) is 13.6. The van der Waals surface area contributed by atoms with Crippen molar-refractivity contribution in [2.24, 2.45) is 7.05 Å². The Morgan fingerprint density at radius 1 is 1.42 bits per heavy atom. The number of aryl methyl sites for hydroxylation is 2. The molecule has 2 rings (SSSR count). The third kappa shape index (κ3) is 3.35. The molecule has 4 heteroatoms. The van der Waals surface area contributed by atoms with Crippen molar-refractivity contribution in [3.8, 4) is 5.75 Å². The number of rotatable bonds is 5. The van der Waals surface area contributed by atoms with E-state index in [1.165, 1.54) is 11.1 Å². The highest BCUT2D eigenvalue weighted by atomic mass is 16.5. The van der Waals surface area contributed by atoms with E-state index in [1.807, 2.05) is 30.8 Å². The first-order chi connectivity index (χ1) is 9.10. The highest BCUT2D eigenvalue weighted by Crippen LogP contribution is 2.19. The summed E-state index contributed by atoms with van der Waals surface area (Å²) in [5.74, 6) is 0.892. The number of nitrogens with zero attached hydrogens (tertiary/aromatic N) is 2. The number of hydrogen-bond donors (Lipinski definition) is 1. The Morgan fingerprint density at radius 2 is 2.21 bits per heavy atom. The Kier molecular flexibility index (Phi) is 4.22. The molecule has 1 heterocycles. The molecular formula is C15H21N3O. The molecule has 1 atom stereocenters. The summed E-state index contributed by atoms with van der Waals surface area (Å²) in [5.41, 5.74) is 3.53. The zero-order valence-corrected chi connectivity index (χ0v) is 12.0. The summed E-state index contributed by atoms with van der Waals surface area (Å²) in [6.07, 6.45) is 2.06. The van der Waals surface area contributed by atoms with Crippen LogP contribution in [0, 0.1) is 6.92 Å². The average molecular weight is 259 g/mol. The fraction of sp³-hybridized carbons (Fsp3) is 0.400. The topological polar surface area (TPSA) is 39.1 Å². The van der Waals surface area contributed by atoms with Gasteiger partial charge in [0, 0.05) is 31.4 Å². The quantitative estimate of drug-likeness (QED) is 0.897. The summed E-state index contributed by atoms with van der Waals surface area (Å²) in [6, 6.07) is 8.42. The van der Waals surface area contributed by atoms with Gasteiger partial charge in [0.25, 0.3) is 0 Å². The molecule has 102 valence electrons. The normalized spacial score (nSPS) is 12.4. The van der Waals surface area contributed by atoms with E-state index in [2.05, 4.69) is 35.7 Å². The molecule has 1 aromatic heterocycles. The van der Waals surface area contributed by atoms with Crippen molar-refractivity contribution < 1.29 is 4.74 Å². The molecule has 2 aromatic rings. The van der Waals surface area contributed by atoms with E-state index in [0.29, 0.717) is 0 Å². The highest BCUT2D eigenvalue weighted by Gasteiger charge is 2.08. The molecule has 0 unspecified atom stereocenters. The van der Waals surface area contributed by atoms with Crippen LogP contribution in [0.1, 0.15) is 29.8 Å². The third-order valence-corrected chi connectivity index (χ3v) is 3.31. The summed E-state index contributed by atoms with van der Waals surface area (Å²) >= 11 is 0. The average Bonchev–Trinajstić information content (AvgIpc) is 2.74. The second-order valence-corrected chi connectivity index (χ2v) is 4.79. The van der Waals surface area contributed by atoms with Crippen LogP contribution in [-0.2, 0) is 13.6 Å². The lowest BCUT2D eigenvalue weighted by Crippen LogP contribution is -2.18. The molecule has 1 N–H and O–H groups in total. The highest BCUT2D eigenvalue weighted by molar-refractivity contribution is 5.30. The molecular weight excluding hydrogens is 238 g/mol. The zero-order chi connectivity index (χ0) is 13.8. The van der Waals surface area contributed by atoms with Crippen molar-refractivity contribution in [2.45, 2.75) is 26.4 Å². The second kappa shape index (κ2) is 5.89. The lowest BCUT2D eigenvalue weighted by Gasteiger charge is -2.14. The number of aromatic nitrogens is 2. The van der Waals surface area contributed by atoms with Crippen molar-refractivity contribution in [3.63, 3.8) is 0 Å². The van der Waals surface area contributed by atoms with Gasteiger partial charge < -0.3 is 10.1 Å². The fourth-order valence-corrected chi connectivity index (χ4v) is 2.11. The standard InChI is InChI=1S/C15H21N3O/c1-11(13-6-5-7-15(8-13)19-4)16-9-14-10-18(3)17-12(14)2/h5-8,10-11,16H,9H2,1-4H3/t11-/m1/s1. The maximum Gasteiger partial charge on any atom is 0.119 e. The number of benzene rings is 1. The molecule has 0 spiro atoms. The summed E-state index contributed by atoms with van der Waals surface area (Å²) in [6.45, 7) is 5.01. The van der Waals surface area contributed by atoms with E-state index in [4.69, 9.17) is 4.74 Å². The minimum absolute atomic E-state index is 0.273. The third-order valence-electron chi connectivity index (χ3n) is 3.31. The van der Waals surface area contributed by atoms with Crippen molar-refractivity contribution in [2.75, 3.05) is 7.11 Å². The number of methoxy groups -OCH3 is 1. The van der Waals surface area contributed by atoms with Gasteiger partial charge in [-0.05, 0) is 31.5 Å². The van der Waals surface area contributed by atoms with Crippen LogP contribution < -0.4 is 10.1 Å². The monoisotopic (exact) mass is 259 g/mol. The Morgan fingerprint density at radius 3 is 2.84 bits per heavy atom. The largest absolute Gasteiger partial charge is 0.497 e. The first-order valence-corrected chi connectivity index (χ1v) is 6.46. The van der Waals surface area contributed by atoms with Crippen molar-refractivity contribution in [1.29, 1.82) is 0 Å². The molecule has 0 radical (unpaired) electrons. The van der Waals surface area contributed by atoms with Gasteiger partial charge in [0.15, 0.2) is 0 Å². The van der Waals surface area contributed by atoms with E-state index in [-0.39, 0.29) is 6.04 Å². The van der Waals surface area contributed by atoms with Crippen LogP contribution in [0.25, 0.3) is 0 Å². The smallest absolute Gasteiger partial charge is 0.119 e. The SMILES string of the molecule is COc1cccc([C@@H](C)NCc2cn(C)nc2C)c1. The molecule has 0 aliphatic rings. The van der Waals surface area contributed by atoms with Gasteiger partial charge in [0.1, 0.15) is 5.75 Å². The van der Waals surface area contributed by atoms with Crippen LogP contribution in [0.5, 0.6) is 5.75 Å². The molecule has 19 heavy (non-hydrogen) atoms. The van der Waals surface area contributed by atoms with E-state index in [9.17, 15) is 0 Å². The summed E-state index contributed by atoms with van der Waals surface area (Å²) < 4.78 is 7.10. The van der Waals surface area contributed by atoms with E-state index < -0.39 is 0 Å². The second-order valence-electron chi connectivity index (χ2n) is 4.79. The van der Waals surface area contributed by atoms with Crippen LogP contribution in [0.4, 0.5) is 0 Å². The molecule has 1 aromatic carbocycles. The van der Waals surface area contributed by atoms with Gasteiger partial charge in [-0.2, -0.15) is 5.10 Å². The molecule has 0 amide bonds. The van der Waals surface area contributed by atoms with Gasteiger partial charge in [0.05, 0.1) is 12.8 Å².